The van der Waals surface area contributed by atoms with Gasteiger partial charge in [-0.25, -0.2) is 0 Å². The van der Waals surface area contributed by atoms with Gasteiger partial charge in [-0.3, -0.25) is 0 Å². The molecule has 4 N–H and O–H groups in total. The number of rotatable bonds is 11. The molecule has 20 heavy (non-hydrogen) atoms. The minimum atomic E-state index is 0.802. The summed E-state index contributed by atoms with van der Waals surface area (Å²) < 4.78 is 0. The van der Waals surface area contributed by atoms with Crippen LogP contribution >= 0.6 is 0 Å². The van der Waals surface area contributed by atoms with E-state index in [0.717, 1.165) is 51.4 Å². The molecule has 0 atom stereocenters. The van der Waals surface area contributed by atoms with Crippen LogP contribution in [0.4, 0.5) is 0 Å². The molecule has 2 aliphatic rings. The Morgan fingerprint density at radius 3 is 1.25 bits per heavy atom. The molecular formula is C16H34N4. The van der Waals surface area contributed by atoms with Crippen molar-refractivity contribution in [2.24, 2.45) is 0 Å². The minimum absolute atomic E-state index is 0.802. The molecule has 0 amide bonds. The Morgan fingerprint density at radius 1 is 0.500 bits per heavy atom. The summed E-state index contributed by atoms with van der Waals surface area (Å²) in [5.41, 5.74) is 0. The summed E-state index contributed by atoms with van der Waals surface area (Å²) in [5, 5.41) is 14.3. The van der Waals surface area contributed by atoms with Crippen LogP contribution in [-0.4, -0.2) is 51.4 Å². The highest BCUT2D eigenvalue weighted by Crippen LogP contribution is 2.17. The average molecular weight is 282 g/mol. The van der Waals surface area contributed by atoms with Crippen LogP contribution in [0, 0.1) is 0 Å². The second-order valence-corrected chi connectivity index (χ2v) is 6.37. The lowest BCUT2D eigenvalue weighted by atomic mass is 10.2. The molecular weight excluding hydrogens is 248 g/mol. The normalized spacial score (nSPS) is 21.0. The fraction of sp³-hybridized carbons (Fsp3) is 1.00. The standard InChI is InChI=1S/C16H34N4/c1-2-6-15(5-1)19-13-11-17-9-10-18-12-14-20-16-7-3-4-8-16/h15-20H,1-14H2. The van der Waals surface area contributed by atoms with E-state index in [4.69, 9.17) is 0 Å². The molecule has 2 fully saturated rings. The molecule has 2 saturated carbocycles. The van der Waals surface area contributed by atoms with Gasteiger partial charge in [-0.1, -0.05) is 25.7 Å². The zero-order valence-corrected chi connectivity index (χ0v) is 13.1. The van der Waals surface area contributed by atoms with Gasteiger partial charge in [-0.15, -0.1) is 0 Å². The van der Waals surface area contributed by atoms with E-state index in [1.54, 1.807) is 0 Å². The maximum Gasteiger partial charge on any atom is 0.00793 e. The molecule has 0 aromatic carbocycles. The SMILES string of the molecule is C1CCC(NCCNCCNCCNC2CCCC2)C1. The molecule has 0 aromatic rings. The molecule has 0 bridgehead atoms. The van der Waals surface area contributed by atoms with Gasteiger partial charge in [0.1, 0.15) is 0 Å². The van der Waals surface area contributed by atoms with E-state index in [2.05, 4.69) is 21.3 Å². The van der Waals surface area contributed by atoms with Crippen molar-refractivity contribution in [3.8, 4) is 0 Å². The third kappa shape index (κ3) is 7.02. The van der Waals surface area contributed by atoms with Crippen LogP contribution in [-0.2, 0) is 0 Å². The highest BCUT2D eigenvalue weighted by atomic mass is 15.0. The summed E-state index contributed by atoms with van der Waals surface area (Å²) in [7, 11) is 0. The predicted octanol–water partition coefficient (Wildman–Crippen LogP) is 1.23. The molecule has 0 aliphatic heterocycles. The first-order valence-electron chi connectivity index (χ1n) is 8.83. The van der Waals surface area contributed by atoms with Crippen molar-refractivity contribution in [3.05, 3.63) is 0 Å². The Bertz CT molecular complexity index is 199. The van der Waals surface area contributed by atoms with Gasteiger partial charge >= 0.3 is 0 Å². The topological polar surface area (TPSA) is 48.1 Å². The van der Waals surface area contributed by atoms with Crippen molar-refractivity contribution in [1.29, 1.82) is 0 Å². The van der Waals surface area contributed by atoms with E-state index >= 15 is 0 Å². The molecule has 2 rings (SSSR count). The lowest BCUT2D eigenvalue weighted by molar-refractivity contribution is 0.493. The zero-order chi connectivity index (χ0) is 13.9. The van der Waals surface area contributed by atoms with E-state index < -0.39 is 0 Å². The van der Waals surface area contributed by atoms with Crippen LogP contribution in [0.3, 0.4) is 0 Å². The van der Waals surface area contributed by atoms with Gasteiger partial charge in [-0.05, 0) is 25.7 Å². The molecule has 118 valence electrons. The van der Waals surface area contributed by atoms with E-state index in [1.807, 2.05) is 0 Å². The Kier molecular flexibility index (Phi) is 8.55. The molecule has 0 unspecified atom stereocenters. The van der Waals surface area contributed by atoms with Gasteiger partial charge in [0.2, 0.25) is 0 Å². The summed E-state index contributed by atoms with van der Waals surface area (Å²) in [6.07, 6.45) is 11.2. The van der Waals surface area contributed by atoms with Crippen LogP contribution < -0.4 is 21.3 Å². The van der Waals surface area contributed by atoms with E-state index in [9.17, 15) is 0 Å². The van der Waals surface area contributed by atoms with Crippen LogP contribution in [0.2, 0.25) is 0 Å². The monoisotopic (exact) mass is 282 g/mol. The highest BCUT2D eigenvalue weighted by molar-refractivity contribution is 4.74. The Hall–Kier alpha value is -0.160. The van der Waals surface area contributed by atoms with Crippen LogP contribution in [0.25, 0.3) is 0 Å². The average Bonchev–Trinajstić information content (AvgIpc) is 3.14. The second-order valence-electron chi connectivity index (χ2n) is 6.37. The predicted molar refractivity (Wildman–Crippen MR) is 86.3 cm³/mol. The summed E-state index contributed by atoms with van der Waals surface area (Å²) in [6.45, 7) is 6.59. The lowest BCUT2D eigenvalue weighted by Crippen LogP contribution is -2.38. The van der Waals surface area contributed by atoms with Gasteiger partial charge < -0.3 is 21.3 Å². The first-order valence-corrected chi connectivity index (χ1v) is 8.83. The van der Waals surface area contributed by atoms with Crippen molar-refractivity contribution in [2.45, 2.75) is 63.5 Å². The maximum absolute atomic E-state index is 3.63. The van der Waals surface area contributed by atoms with Crippen molar-refractivity contribution in [3.63, 3.8) is 0 Å². The van der Waals surface area contributed by atoms with E-state index in [0.29, 0.717) is 0 Å². The Balaban J connectivity index is 1.26. The van der Waals surface area contributed by atoms with Crippen molar-refractivity contribution >= 4 is 0 Å². The second kappa shape index (κ2) is 10.6. The number of hydrogen-bond acceptors (Lipinski definition) is 4. The highest BCUT2D eigenvalue weighted by Gasteiger charge is 2.13. The van der Waals surface area contributed by atoms with Crippen molar-refractivity contribution in [2.75, 3.05) is 39.3 Å². The van der Waals surface area contributed by atoms with Crippen LogP contribution in [0.5, 0.6) is 0 Å². The van der Waals surface area contributed by atoms with Gasteiger partial charge in [-0.2, -0.15) is 0 Å². The third-order valence-electron chi connectivity index (χ3n) is 4.66. The molecule has 0 aromatic heterocycles. The first kappa shape index (κ1) is 16.2. The molecule has 0 spiro atoms. The number of hydrogen-bond donors (Lipinski definition) is 4. The van der Waals surface area contributed by atoms with E-state index in [-0.39, 0.29) is 0 Å². The number of nitrogens with one attached hydrogen (secondary N) is 4. The molecule has 0 saturated heterocycles. The summed E-state index contributed by atoms with van der Waals surface area (Å²) in [4.78, 5) is 0. The molecule has 0 radical (unpaired) electrons. The quantitative estimate of drug-likeness (QED) is 0.431. The van der Waals surface area contributed by atoms with Crippen LogP contribution in [0.15, 0.2) is 0 Å². The summed E-state index contributed by atoms with van der Waals surface area (Å²) in [6, 6.07) is 1.60. The molecule has 4 heteroatoms. The minimum Gasteiger partial charge on any atom is -0.314 e. The van der Waals surface area contributed by atoms with Gasteiger partial charge in [0.25, 0.3) is 0 Å². The van der Waals surface area contributed by atoms with Crippen LogP contribution in [0.1, 0.15) is 51.4 Å². The largest absolute Gasteiger partial charge is 0.314 e. The van der Waals surface area contributed by atoms with Crippen molar-refractivity contribution < 1.29 is 0 Å². The fourth-order valence-electron chi connectivity index (χ4n) is 3.42. The van der Waals surface area contributed by atoms with E-state index in [1.165, 1.54) is 51.4 Å². The first-order chi connectivity index (χ1) is 9.95. The summed E-state index contributed by atoms with van der Waals surface area (Å²) in [5.74, 6) is 0. The third-order valence-corrected chi connectivity index (χ3v) is 4.66. The molecule has 4 nitrogen and oxygen atoms in total. The van der Waals surface area contributed by atoms with Gasteiger partial charge in [0.05, 0.1) is 0 Å². The van der Waals surface area contributed by atoms with Gasteiger partial charge in [0.15, 0.2) is 0 Å². The Labute approximate surface area is 124 Å². The molecule has 2 aliphatic carbocycles. The maximum atomic E-state index is 3.63. The fourth-order valence-corrected chi connectivity index (χ4v) is 3.42. The molecule has 0 heterocycles. The van der Waals surface area contributed by atoms with Gasteiger partial charge in [0, 0.05) is 51.4 Å². The smallest absolute Gasteiger partial charge is 0.00793 e. The lowest BCUT2D eigenvalue weighted by Gasteiger charge is -2.13. The Morgan fingerprint density at radius 2 is 0.850 bits per heavy atom. The van der Waals surface area contributed by atoms with Crippen molar-refractivity contribution in [1.82, 2.24) is 21.3 Å². The summed E-state index contributed by atoms with van der Waals surface area (Å²) >= 11 is 0. The zero-order valence-electron chi connectivity index (χ0n) is 13.1.